The maximum Gasteiger partial charge on any atom is 0.257 e. The molecule has 1 fully saturated rings. The molecule has 0 aliphatic carbocycles. The molecule has 6 heteroatoms. The molecule has 1 aromatic heterocycles. The van der Waals surface area contributed by atoms with Crippen LogP contribution in [0.3, 0.4) is 0 Å². The smallest absolute Gasteiger partial charge is 0.257 e. The Morgan fingerprint density at radius 2 is 1.62 bits per heavy atom. The highest BCUT2D eigenvalue weighted by molar-refractivity contribution is 5.98. The summed E-state index contributed by atoms with van der Waals surface area (Å²) in [6, 6.07) is 7.28. The van der Waals surface area contributed by atoms with Crippen LogP contribution >= 0.6 is 0 Å². The van der Waals surface area contributed by atoms with E-state index in [4.69, 9.17) is 4.74 Å². The summed E-state index contributed by atoms with van der Waals surface area (Å²) in [6.07, 6.45) is 3.21. The lowest BCUT2D eigenvalue weighted by molar-refractivity contribution is 0.0533. The Balaban J connectivity index is 1.69. The van der Waals surface area contributed by atoms with Crippen molar-refractivity contribution in [2.75, 3.05) is 33.3 Å². The first-order valence-electron chi connectivity index (χ1n) is 8.65. The van der Waals surface area contributed by atoms with Gasteiger partial charge in [0.2, 0.25) is 0 Å². The van der Waals surface area contributed by atoms with Crippen LogP contribution in [0.1, 0.15) is 31.8 Å². The first-order valence-corrected chi connectivity index (χ1v) is 8.65. The first-order chi connectivity index (χ1) is 12.5. The molecule has 6 nitrogen and oxygen atoms in total. The van der Waals surface area contributed by atoms with Crippen LogP contribution in [0.4, 0.5) is 0 Å². The van der Waals surface area contributed by atoms with Crippen LogP contribution in [0, 0.1) is 13.8 Å². The molecule has 0 bridgehead atoms. The highest BCUT2D eigenvalue weighted by atomic mass is 16.5. The number of pyridine rings is 1. The van der Waals surface area contributed by atoms with Gasteiger partial charge in [0, 0.05) is 38.6 Å². The van der Waals surface area contributed by atoms with E-state index in [1.807, 2.05) is 26.0 Å². The Morgan fingerprint density at radius 1 is 1.00 bits per heavy atom. The third-order valence-electron chi connectivity index (χ3n) is 4.81. The van der Waals surface area contributed by atoms with Gasteiger partial charge in [0.05, 0.1) is 18.2 Å². The summed E-state index contributed by atoms with van der Waals surface area (Å²) in [5, 5.41) is 0. The summed E-state index contributed by atoms with van der Waals surface area (Å²) >= 11 is 0. The average Bonchev–Trinajstić information content (AvgIpc) is 2.69. The molecule has 2 aromatic rings. The van der Waals surface area contributed by atoms with Crippen LogP contribution < -0.4 is 4.74 Å². The van der Waals surface area contributed by atoms with Gasteiger partial charge in [-0.05, 0) is 49.2 Å². The van der Waals surface area contributed by atoms with Gasteiger partial charge in [0.15, 0.2) is 0 Å². The van der Waals surface area contributed by atoms with E-state index in [-0.39, 0.29) is 11.8 Å². The number of piperazine rings is 1. The van der Waals surface area contributed by atoms with Gasteiger partial charge in [-0.25, -0.2) is 0 Å². The van der Waals surface area contributed by atoms with Crippen LogP contribution in [-0.2, 0) is 0 Å². The molecule has 1 aromatic carbocycles. The second kappa shape index (κ2) is 7.56. The predicted octanol–water partition coefficient (Wildman–Crippen LogP) is 2.31. The van der Waals surface area contributed by atoms with Gasteiger partial charge in [0.1, 0.15) is 5.75 Å². The SMILES string of the molecule is COc1cc(C)c(C)cc1C(=O)N1CCN(C(=O)c2cccnc2)CC1. The quantitative estimate of drug-likeness (QED) is 0.849. The van der Waals surface area contributed by atoms with Crippen molar-refractivity contribution in [2.45, 2.75) is 13.8 Å². The average molecular weight is 353 g/mol. The Kier molecular flexibility index (Phi) is 5.21. The van der Waals surface area contributed by atoms with Gasteiger partial charge in [-0.3, -0.25) is 14.6 Å². The molecular weight excluding hydrogens is 330 g/mol. The molecule has 0 N–H and O–H groups in total. The van der Waals surface area contributed by atoms with E-state index in [1.54, 1.807) is 41.4 Å². The fraction of sp³-hybridized carbons (Fsp3) is 0.350. The number of carbonyl (C=O) groups is 2. The van der Waals surface area contributed by atoms with Crippen LogP contribution in [0.2, 0.25) is 0 Å². The Labute approximate surface area is 153 Å². The summed E-state index contributed by atoms with van der Waals surface area (Å²) < 4.78 is 5.39. The van der Waals surface area contributed by atoms with Gasteiger partial charge in [-0.15, -0.1) is 0 Å². The first kappa shape index (κ1) is 17.9. The van der Waals surface area contributed by atoms with Crippen molar-refractivity contribution in [3.8, 4) is 5.75 Å². The minimum absolute atomic E-state index is 0.0473. The lowest BCUT2D eigenvalue weighted by Crippen LogP contribution is -2.50. The van der Waals surface area contributed by atoms with Crippen molar-refractivity contribution in [3.63, 3.8) is 0 Å². The van der Waals surface area contributed by atoms with Gasteiger partial charge < -0.3 is 14.5 Å². The summed E-state index contributed by atoms with van der Waals surface area (Å²) in [4.78, 5) is 32.9. The summed E-state index contributed by atoms with van der Waals surface area (Å²) in [5.41, 5.74) is 3.29. The third kappa shape index (κ3) is 3.54. The molecule has 1 saturated heterocycles. The van der Waals surface area contributed by atoms with Crippen molar-refractivity contribution >= 4 is 11.8 Å². The zero-order valence-corrected chi connectivity index (χ0v) is 15.4. The molecule has 0 spiro atoms. The third-order valence-corrected chi connectivity index (χ3v) is 4.81. The molecule has 26 heavy (non-hydrogen) atoms. The van der Waals surface area contributed by atoms with Crippen molar-refractivity contribution in [1.82, 2.24) is 14.8 Å². The van der Waals surface area contributed by atoms with Crippen LogP contribution in [0.25, 0.3) is 0 Å². The highest BCUT2D eigenvalue weighted by Crippen LogP contribution is 2.25. The van der Waals surface area contributed by atoms with Crippen molar-refractivity contribution in [2.24, 2.45) is 0 Å². The van der Waals surface area contributed by atoms with E-state index >= 15 is 0 Å². The topological polar surface area (TPSA) is 62.7 Å². The molecule has 2 heterocycles. The number of methoxy groups -OCH3 is 1. The lowest BCUT2D eigenvalue weighted by atomic mass is 10.0. The predicted molar refractivity (Wildman–Crippen MR) is 98.5 cm³/mol. The fourth-order valence-electron chi connectivity index (χ4n) is 3.08. The number of aryl methyl sites for hydroxylation is 2. The number of carbonyl (C=O) groups excluding carboxylic acids is 2. The maximum absolute atomic E-state index is 12.9. The van der Waals surface area contributed by atoms with Crippen LogP contribution in [-0.4, -0.2) is 59.9 Å². The highest BCUT2D eigenvalue weighted by Gasteiger charge is 2.27. The number of ether oxygens (including phenoxy) is 1. The largest absolute Gasteiger partial charge is 0.496 e. The number of rotatable bonds is 3. The molecule has 2 amide bonds. The maximum atomic E-state index is 12.9. The van der Waals surface area contributed by atoms with E-state index in [9.17, 15) is 9.59 Å². The molecule has 0 saturated carbocycles. The van der Waals surface area contributed by atoms with Gasteiger partial charge in [-0.1, -0.05) is 0 Å². The number of hydrogen-bond acceptors (Lipinski definition) is 4. The number of amides is 2. The van der Waals surface area contributed by atoms with Gasteiger partial charge >= 0.3 is 0 Å². The molecule has 0 radical (unpaired) electrons. The minimum atomic E-state index is -0.0570. The minimum Gasteiger partial charge on any atom is -0.496 e. The van der Waals surface area contributed by atoms with E-state index < -0.39 is 0 Å². The summed E-state index contributed by atoms with van der Waals surface area (Å²) in [6.45, 7) is 5.99. The lowest BCUT2D eigenvalue weighted by Gasteiger charge is -2.35. The van der Waals surface area contributed by atoms with Gasteiger partial charge in [0.25, 0.3) is 11.8 Å². The second-order valence-corrected chi connectivity index (χ2v) is 6.46. The van der Waals surface area contributed by atoms with Crippen molar-refractivity contribution < 1.29 is 14.3 Å². The van der Waals surface area contributed by atoms with Crippen molar-refractivity contribution in [3.05, 3.63) is 58.9 Å². The molecule has 1 aliphatic rings. The zero-order chi connectivity index (χ0) is 18.7. The molecular formula is C20H23N3O3. The van der Waals surface area contributed by atoms with E-state index in [0.29, 0.717) is 43.1 Å². The molecule has 0 unspecified atom stereocenters. The van der Waals surface area contributed by atoms with Crippen LogP contribution in [0.5, 0.6) is 5.75 Å². The summed E-state index contributed by atoms with van der Waals surface area (Å²) in [7, 11) is 1.57. The summed E-state index contributed by atoms with van der Waals surface area (Å²) in [5.74, 6) is 0.486. The Morgan fingerprint density at radius 3 is 2.19 bits per heavy atom. The Bertz CT molecular complexity index is 813. The second-order valence-electron chi connectivity index (χ2n) is 6.46. The number of benzene rings is 1. The Hall–Kier alpha value is -2.89. The normalized spacial score (nSPS) is 14.3. The van der Waals surface area contributed by atoms with E-state index in [2.05, 4.69) is 4.98 Å². The standard InChI is InChI=1S/C20H23N3O3/c1-14-11-17(18(26-3)12-15(14)2)20(25)23-9-7-22(8-10-23)19(24)16-5-4-6-21-13-16/h4-6,11-13H,7-10H2,1-3H3. The van der Waals surface area contributed by atoms with Crippen molar-refractivity contribution in [1.29, 1.82) is 0 Å². The van der Waals surface area contributed by atoms with Crippen LogP contribution in [0.15, 0.2) is 36.7 Å². The molecule has 0 atom stereocenters. The molecule has 136 valence electrons. The fourth-order valence-corrected chi connectivity index (χ4v) is 3.08. The zero-order valence-electron chi connectivity index (χ0n) is 15.4. The number of aromatic nitrogens is 1. The molecule has 3 rings (SSSR count). The van der Waals surface area contributed by atoms with Gasteiger partial charge in [-0.2, -0.15) is 0 Å². The molecule has 1 aliphatic heterocycles. The van der Waals surface area contributed by atoms with E-state index in [1.165, 1.54) is 0 Å². The number of hydrogen-bond donors (Lipinski definition) is 0. The van der Waals surface area contributed by atoms with E-state index in [0.717, 1.165) is 11.1 Å². The monoisotopic (exact) mass is 353 g/mol. The number of nitrogens with zero attached hydrogens (tertiary/aromatic N) is 3.